The van der Waals surface area contributed by atoms with Crippen molar-refractivity contribution in [1.82, 2.24) is 5.48 Å². The summed E-state index contributed by atoms with van der Waals surface area (Å²) in [5.74, 6) is 0. The van der Waals surface area contributed by atoms with Crippen LogP contribution in [0.1, 0.15) is 16.7 Å². The van der Waals surface area contributed by atoms with E-state index in [0.29, 0.717) is 11.1 Å². The van der Waals surface area contributed by atoms with Gasteiger partial charge in [0, 0.05) is 0 Å². The van der Waals surface area contributed by atoms with Crippen LogP contribution in [0, 0.1) is 20.8 Å². The summed E-state index contributed by atoms with van der Waals surface area (Å²) < 4.78 is 27.7. The Bertz CT molecular complexity index is 527. The molecule has 0 radical (unpaired) electrons. The van der Waals surface area contributed by atoms with Gasteiger partial charge in [-0.2, -0.15) is 13.9 Å². The molecule has 1 amide bonds. The van der Waals surface area contributed by atoms with Crippen molar-refractivity contribution >= 4 is 16.2 Å². The van der Waals surface area contributed by atoms with Crippen LogP contribution >= 0.6 is 0 Å². The highest BCUT2D eigenvalue weighted by atomic mass is 32.2. The summed E-state index contributed by atoms with van der Waals surface area (Å²) in [6.07, 6.45) is -1.57. The number of hydrogen-bond acceptors (Lipinski definition) is 4. The molecule has 94 valence electrons. The predicted molar refractivity (Wildman–Crippen MR) is 60.1 cm³/mol. The maximum absolute atomic E-state index is 11.7. The van der Waals surface area contributed by atoms with Crippen LogP contribution in [0.15, 0.2) is 17.0 Å². The number of benzene rings is 1. The quantitative estimate of drug-likeness (QED) is 0.802. The van der Waals surface area contributed by atoms with Crippen molar-refractivity contribution in [2.75, 3.05) is 0 Å². The normalized spacial score (nSPS) is 11.2. The first kappa shape index (κ1) is 13.5. The van der Waals surface area contributed by atoms with Crippen LogP contribution < -0.4 is 5.48 Å². The van der Waals surface area contributed by atoms with Gasteiger partial charge >= 0.3 is 16.2 Å². The lowest BCUT2D eigenvalue weighted by molar-refractivity contribution is 0.139. The molecule has 17 heavy (non-hydrogen) atoms. The minimum atomic E-state index is -4.13. The lowest BCUT2D eigenvalue weighted by Gasteiger charge is -2.11. The highest BCUT2D eigenvalue weighted by Crippen LogP contribution is 2.22. The van der Waals surface area contributed by atoms with Crippen LogP contribution in [-0.2, 0) is 14.4 Å². The van der Waals surface area contributed by atoms with Gasteiger partial charge in [-0.05, 0) is 31.9 Å². The zero-order valence-electron chi connectivity index (χ0n) is 9.64. The van der Waals surface area contributed by atoms with E-state index in [1.165, 1.54) is 5.48 Å². The second-order valence-corrected chi connectivity index (χ2v) is 5.16. The number of hydroxylamine groups is 1. The second-order valence-electron chi connectivity index (χ2n) is 3.67. The number of hydrogen-bond donors (Lipinski definition) is 2. The van der Waals surface area contributed by atoms with Gasteiger partial charge in [0.2, 0.25) is 0 Å². The molecule has 2 N–H and O–H groups in total. The van der Waals surface area contributed by atoms with Gasteiger partial charge < -0.3 is 5.11 Å². The Morgan fingerprint density at radius 3 is 2.12 bits per heavy atom. The second kappa shape index (κ2) is 4.72. The highest BCUT2D eigenvalue weighted by molar-refractivity contribution is 7.86. The molecule has 7 heteroatoms. The maximum Gasteiger partial charge on any atom is 0.429 e. The molecule has 0 aliphatic rings. The first-order valence-corrected chi connectivity index (χ1v) is 6.15. The first-order valence-electron chi connectivity index (χ1n) is 4.74. The van der Waals surface area contributed by atoms with Crippen LogP contribution in [-0.4, -0.2) is 19.6 Å². The van der Waals surface area contributed by atoms with E-state index in [2.05, 4.69) is 4.28 Å². The van der Waals surface area contributed by atoms with Crippen LogP contribution in [0.3, 0.4) is 0 Å². The molecule has 6 nitrogen and oxygen atoms in total. The molecule has 0 atom stereocenters. The zero-order chi connectivity index (χ0) is 13.2. The number of rotatable bonds is 3. The molecular weight excluding hydrogens is 246 g/mol. The monoisotopic (exact) mass is 259 g/mol. The number of aryl methyl sites for hydroxylation is 3. The summed E-state index contributed by atoms with van der Waals surface area (Å²) in [7, 11) is -4.13. The average molecular weight is 259 g/mol. The van der Waals surface area contributed by atoms with Crippen molar-refractivity contribution in [3.63, 3.8) is 0 Å². The summed E-state index contributed by atoms with van der Waals surface area (Å²) in [4.78, 5) is 10.2. The third kappa shape index (κ3) is 3.18. The third-order valence-electron chi connectivity index (χ3n) is 2.09. The number of carboxylic acid groups (broad SMARTS) is 1. The summed E-state index contributed by atoms with van der Waals surface area (Å²) in [5, 5.41) is 8.31. The summed E-state index contributed by atoms with van der Waals surface area (Å²) >= 11 is 0. The van der Waals surface area contributed by atoms with Gasteiger partial charge in [0.1, 0.15) is 4.90 Å². The Kier molecular flexibility index (Phi) is 3.74. The van der Waals surface area contributed by atoms with Crippen LogP contribution in [0.2, 0.25) is 0 Å². The van der Waals surface area contributed by atoms with E-state index in [1.807, 2.05) is 6.92 Å². The molecule has 1 rings (SSSR count). The van der Waals surface area contributed by atoms with Gasteiger partial charge in [-0.3, -0.25) is 0 Å². The van der Waals surface area contributed by atoms with E-state index in [9.17, 15) is 13.2 Å². The van der Waals surface area contributed by atoms with Crippen molar-refractivity contribution in [3.05, 3.63) is 28.8 Å². The molecule has 0 fully saturated rings. The van der Waals surface area contributed by atoms with Crippen molar-refractivity contribution in [1.29, 1.82) is 0 Å². The van der Waals surface area contributed by atoms with Crippen molar-refractivity contribution < 1.29 is 22.6 Å². The minimum absolute atomic E-state index is 0.0168. The Labute approximate surface area is 99.3 Å². The molecule has 0 spiro atoms. The smallest absolute Gasteiger partial charge is 0.429 e. The summed E-state index contributed by atoms with van der Waals surface area (Å²) in [6.45, 7) is 5.08. The lowest BCUT2D eigenvalue weighted by Crippen LogP contribution is -2.26. The SMILES string of the molecule is Cc1cc(C)c(S(=O)(=O)ONC(=O)O)c(C)c1. The van der Waals surface area contributed by atoms with Gasteiger partial charge in [0.15, 0.2) is 0 Å². The summed E-state index contributed by atoms with van der Waals surface area (Å²) in [6, 6.07) is 3.37. The van der Waals surface area contributed by atoms with Gasteiger partial charge in [0.05, 0.1) is 0 Å². The average Bonchev–Trinajstić information content (AvgIpc) is 2.12. The van der Waals surface area contributed by atoms with E-state index in [1.54, 1.807) is 26.0 Å². The van der Waals surface area contributed by atoms with Crippen molar-refractivity contribution in [2.24, 2.45) is 0 Å². The van der Waals surface area contributed by atoms with Gasteiger partial charge in [-0.25, -0.2) is 4.79 Å². The van der Waals surface area contributed by atoms with Crippen LogP contribution in [0.5, 0.6) is 0 Å². The fourth-order valence-corrected chi connectivity index (χ4v) is 2.86. The van der Waals surface area contributed by atoms with Crippen LogP contribution in [0.25, 0.3) is 0 Å². The molecule has 0 heterocycles. The van der Waals surface area contributed by atoms with E-state index >= 15 is 0 Å². The Hall–Kier alpha value is -1.60. The topological polar surface area (TPSA) is 92.7 Å². The Morgan fingerprint density at radius 1 is 1.24 bits per heavy atom. The fraction of sp³-hybridized carbons (Fsp3) is 0.300. The van der Waals surface area contributed by atoms with Crippen molar-refractivity contribution in [2.45, 2.75) is 25.7 Å². The lowest BCUT2D eigenvalue weighted by atomic mass is 10.1. The molecule has 0 aromatic heterocycles. The van der Waals surface area contributed by atoms with Gasteiger partial charge in [0.25, 0.3) is 0 Å². The standard InChI is InChI=1S/C10H13NO5S/c1-6-4-7(2)9(8(3)5-6)17(14,15)16-11-10(12)13/h4-5,11H,1-3H3,(H,12,13). The van der Waals surface area contributed by atoms with E-state index in [-0.39, 0.29) is 4.90 Å². The summed E-state index contributed by atoms with van der Waals surface area (Å²) in [5.41, 5.74) is 3.32. The van der Waals surface area contributed by atoms with E-state index < -0.39 is 16.2 Å². The first-order chi connectivity index (χ1) is 7.74. The largest absolute Gasteiger partial charge is 0.464 e. The maximum atomic E-state index is 11.7. The molecular formula is C10H13NO5S. The molecule has 0 aliphatic heterocycles. The van der Waals surface area contributed by atoms with Gasteiger partial charge in [-0.1, -0.05) is 17.7 Å². The fourth-order valence-electron chi connectivity index (χ4n) is 1.69. The molecule has 1 aromatic rings. The molecule has 0 saturated heterocycles. The predicted octanol–water partition coefficient (Wildman–Crippen LogP) is 1.50. The van der Waals surface area contributed by atoms with Crippen LogP contribution in [0.4, 0.5) is 4.79 Å². The number of nitrogens with one attached hydrogen (secondary N) is 1. The van der Waals surface area contributed by atoms with E-state index in [0.717, 1.165) is 5.56 Å². The number of carbonyl (C=O) groups is 1. The highest BCUT2D eigenvalue weighted by Gasteiger charge is 2.22. The Balaban J connectivity index is 3.20. The van der Waals surface area contributed by atoms with Crippen molar-refractivity contribution in [3.8, 4) is 0 Å². The van der Waals surface area contributed by atoms with E-state index in [4.69, 9.17) is 5.11 Å². The Morgan fingerprint density at radius 2 is 1.71 bits per heavy atom. The molecule has 1 aromatic carbocycles. The van der Waals surface area contributed by atoms with Gasteiger partial charge in [-0.15, -0.1) is 4.28 Å². The molecule has 0 saturated carbocycles. The zero-order valence-corrected chi connectivity index (χ0v) is 10.5. The molecule has 0 unspecified atom stereocenters. The molecule has 0 aliphatic carbocycles. The third-order valence-corrected chi connectivity index (χ3v) is 3.54. The minimum Gasteiger partial charge on any atom is -0.464 e. The molecule has 0 bridgehead atoms. The number of amides is 1.